The number of aromatic nitrogens is 2. The Morgan fingerprint density at radius 3 is 2.39 bits per heavy atom. The molecule has 0 atom stereocenters. The van der Waals surface area contributed by atoms with Crippen LogP contribution in [0, 0.1) is 6.92 Å². The number of hydrogen-bond donors (Lipinski definition) is 3. The van der Waals surface area contributed by atoms with Crippen molar-refractivity contribution in [3.63, 3.8) is 0 Å². The highest BCUT2D eigenvalue weighted by molar-refractivity contribution is 6.04. The van der Waals surface area contributed by atoms with Gasteiger partial charge in [0.15, 0.2) is 0 Å². The van der Waals surface area contributed by atoms with Crippen LogP contribution in [-0.2, 0) is 0 Å². The summed E-state index contributed by atoms with van der Waals surface area (Å²) in [5, 5.41) is 8.25. The van der Waals surface area contributed by atoms with Gasteiger partial charge in [-0.05, 0) is 55.7 Å². The summed E-state index contributed by atoms with van der Waals surface area (Å²) in [4.78, 5) is 41.0. The lowest BCUT2D eigenvalue weighted by Crippen LogP contribution is -2.30. The van der Waals surface area contributed by atoms with Crippen LogP contribution in [0.25, 0.3) is 5.65 Å². The second kappa shape index (κ2) is 7.15. The van der Waals surface area contributed by atoms with Gasteiger partial charge < -0.3 is 16.0 Å². The number of amides is 3. The molecule has 1 fully saturated rings. The van der Waals surface area contributed by atoms with E-state index in [-0.39, 0.29) is 17.6 Å². The number of urea groups is 1. The maximum atomic E-state index is 12.6. The molecule has 3 amide bonds. The number of fused-ring (bicyclic) bond motifs is 1. The summed E-state index contributed by atoms with van der Waals surface area (Å²) in [6, 6.07) is 10.3. The number of carbonyl (C=O) groups is 2. The van der Waals surface area contributed by atoms with E-state index < -0.39 is 11.5 Å². The molecule has 1 aliphatic carbocycles. The zero-order valence-corrected chi connectivity index (χ0v) is 15.2. The third-order valence-corrected chi connectivity index (χ3v) is 4.41. The minimum absolute atomic E-state index is 0.0471. The summed E-state index contributed by atoms with van der Waals surface area (Å²) in [5.41, 5.74) is 2.01. The molecule has 0 aliphatic heterocycles. The molecule has 1 aliphatic rings. The van der Waals surface area contributed by atoms with Crippen LogP contribution in [0.3, 0.4) is 0 Å². The van der Waals surface area contributed by atoms with Crippen LogP contribution in [0.5, 0.6) is 0 Å². The molecule has 0 unspecified atom stereocenters. The van der Waals surface area contributed by atoms with Gasteiger partial charge in [0.1, 0.15) is 11.2 Å². The molecule has 4 rings (SSSR count). The van der Waals surface area contributed by atoms with Gasteiger partial charge in [-0.1, -0.05) is 6.07 Å². The molecule has 142 valence electrons. The Morgan fingerprint density at radius 1 is 1.04 bits per heavy atom. The van der Waals surface area contributed by atoms with Gasteiger partial charge in [-0.2, -0.15) is 0 Å². The molecule has 0 bridgehead atoms. The monoisotopic (exact) mass is 377 g/mol. The van der Waals surface area contributed by atoms with Crippen molar-refractivity contribution < 1.29 is 9.59 Å². The lowest BCUT2D eigenvalue weighted by atomic mass is 10.2. The number of hydrogen-bond acceptors (Lipinski definition) is 4. The van der Waals surface area contributed by atoms with Crippen molar-refractivity contribution in [2.24, 2.45) is 0 Å². The number of aryl methyl sites for hydroxylation is 1. The average molecular weight is 377 g/mol. The smallest absolute Gasteiger partial charge is 0.319 e. The van der Waals surface area contributed by atoms with Crippen LogP contribution in [0.15, 0.2) is 53.6 Å². The SMILES string of the molecule is Cc1ccc2ncc(C(=O)Nc3ccc(NC(=O)NC4CC4)cc3)c(=O)n2c1. The Labute approximate surface area is 160 Å². The minimum atomic E-state index is -0.541. The predicted octanol–water partition coefficient (Wildman–Crippen LogP) is 2.54. The molecule has 2 aromatic heterocycles. The average Bonchev–Trinajstić information content (AvgIpc) is 3.48. The van der Waals surface area contributed by atoms with Crippen LogP contribution < -0.4 is 21.5 Å². The van der Waals surface area contributed by atoms with E-state index in [9.17, 15) is 14.4 Å². The highest BCUT2D eigenvalue weighted by Gasteiger charge is 2.23. The van der Waals surface area contributed by atoms with E-state index in [0.717, 1.165) is 18.4 Å². The van der Waals surface area contributed by atoms with Crippen molar-refractivity contribution in [3.8, 4) is 0 Å². The van der Waals surface area contributed by atoms with Gasteiger partial charge in [0, 0.05) is 29.8 Å². The van der Waals surface area contributed by atoms with Crippen LogP contribution in [0.4, 0.5) is 16.2 Å². The number of benzene rings is 1. The van der Waals surface area contributed by atoms with E-state index in [2.05, 4.69) is 20.9 Å². The van der Waals surface area contributed by atoms with Crippen LogP contribution in [-0.4, -0.2) is 27.4 Å². The minimum Gasteiger partial charge on any atom is -0.335 e. The van der Waals surface area contributed by atoms with Crippen molar-refractivity contribution in [2.45, 2.75) is 25.8 Å². The van der Waals surface area contributed by atoms with Crippen LogP contribution in [0.2, 0.25) is 0 Å². The molecule has 3 aromatic rings. The molecule has 2 heterocycles. The first-order valence-electron chi connectivity index (χ1n) is 8.96. The van der Waals surface area contributed by atoms with E-state index in [1.54, 1.807) is 36.5 Å². The molecule has 1 aromatic carbocycles. The number of pyridine rings is 1. The number of nitrogens with zero attached hydrogens (tertiary/aromatic N) is 2. The summed E-state index contributed by atoms with van der Waals surface area (Å²) in [6.07, 6.45) is 4.96. The molecule has 3 N–H and O–H groups in total. The maximum absolute atomic E-state index is 12.6. The van der Waals surface area contributed by atoms with Crippen molar-refractivity contribution >= 4 is 29.0 Å². The van der Waals surface area contributed by atoms with Gasteiger partial charge in [-0.25, -0.2) is 9.78 Å². The molecule has 8 nitrogen and oxygen atoms in total. The van der Waals surface area contributed by atoms with Crippen molar-refractivity contribution in [3.05, 3.63) is 70.3 Å². The lowest BCUT2D eigenvalue weighted by molar-refractivity contribution is 0.102. The Kier molecular flexibility index (Phi) is 4.52. The predicted molar refractivity (Wildman–Crippen MR) is 106 cm³/mol. The van der Waals surface area contributed by atoms with E-state index >= 15 is 0 Å². The summed E-state index contributed by atoms with van der Waals surface area (Å²) >= 11 is 0. The highest BCUT2D eigenvalue weighted by atomic mass is 16.2. The van der Waals surface area contributed by atoms with Gasteiger partial charge in [0.25, 0.3) is 11.5 Å². The van der Waals surface area contributed by atoms with Crippen molar-refractivity contribution in [1.82, 2.24) is 14.7 Å². The Hall–Kier alpha value is -3.68. The van der Waals surface area contributed by atoms with Gasteiger partial charge in [-0.3, -0.25) is 14.0 Å². The third kappa shape index (κ3) is 3.85. The van der Waals surface area contributed by atoms with E-state index in [0.29, 0.717) is 17.0 Å². The zero-order chi connectivity index (χ0) is 19.7. The van der Waals surface area contributed by atoms with Crippen molar-refractivity contribution in [2.75, 3.05) is 10.6 Å². The van der Waals surface area contributed by atoms with E-state index in [1.807, 2.05) is 13.0 Å². The highest BCUT2D eigenvalue weighted by Crippen LogP contribution is 2.19. The van der Waals surface area contributed by atoms with Crippen molar-refractivity contribution in [1.29, 1.82) is 0 Å². The first-order chi connectivity index (χ1) is 13.5. The third-order valence-electron chi connectivity index (χ3n) is 4.41. The maximum Gasteiger partial charge on any atom is 0.319 e. The van der Waals surface area contributed by atoms with E-state index in [1.165, 1.54) is 10.6 Å². The van der Waals surface area contributed by atoms with Gasteiger partial charge in [0.2, 0.25) is 0 Å². The van der Waals surface area contributed by atoms with Gasteiger partial charge >= 0.3 is 6.03 Å². The number of anilines is 2. The summed E-state index contributed by atoms with van der Waals surface area (Å²) in [7, 11) is 0. The van der Waals surface area contributed by atoms with Gasteiger partial charge in [0.05, 0.1) is 0 Å². The summed E-state index contributed by atoms with van der Waals surface area (Å²) < 4.78 is 1.36. The lowest BCUT2D eigenvalue weighted by Gasteiger charge is -2.09. The number of nitrogens with one attached hydrogen (secondary N) is 3. The fourth-order valence-corrected chi connectivity index (χ4v) is 2.75. The molecule has 28 heavy (non-hydrogen) atoms. The standard InChI is InChI=1S/C20H19N5O3/c1-12-2-9-17-21-10-16(19(27)25(17)11-12)18(26)22-13-3-5-14(6-4-13)23-20(28)24-15-7-8-15/h2-6,9-11,15H,7-8H2,1H3,(H,22,26)(H2,23,24,28). The quantitative estimate of drug-likeness (QED) is 0.650. The molecule has 0 saturated heterocycles. The molecule has 0 spiro atoms. The fraction of sp³-hybridized carbons (Fsp3) is 0.200. The summed E-state index contributed by atoms with van der Waals surface area (Å²) in [5.74, 6) is -0.541. The Balaban J connectivity index is 1.47. The molecular weight excluding hydrogens is 358 g/mol. The normalized spacial score (nSPS) is 13.2. The first kappa shape index (κ1) is 17.7. The number of carbonyl (C=O) groups excluding carboxylic acids is 2. The topological polar surface area (TPSA) is 105 Å². The summed E-state index contributed by atoms with van der Waals surface area (Å²) in [6.45, 7) is 1.86. The molecule has 0 radical (unpaired) electrons. The largest absolute Gasteiger partial charge is 0.335 e. The zero-order valence-electron chi connectivity index (χ0n) is 15.2. The molecular formula is C20H19N5O3. The molecule has 8 heteroatoms. The Morgan fingerprint density at radius 2 is 1.71 bits per heavy atom. The molecule has 1 saturated carbocycles. The number of rotatable bonds is 4. The second-order valence-corrected chi connectivity index (χ2v) is 6.82. The van der Waals surface area contributed by atoms with E-state index in [4.69, 9.17) is 0 Å². The van der Waals surface area contributed by atoms with Crippen LogP contribution in [0.1, 0.15) is 28.8 Å². The second-order valence-electron chi connectivity index (χ2n) is 6.82. The first-order valence-corrected chi connectivity index (χ1v) is 8.96. The van der Waals surface area contributed by atoms with Crippen LogP contribution >= 0.6 is 0 Å². The Bertz CT molecular complexity index is 1120. The van der Waals surface area contributed by atoms with Gasteiger partial charge in [-0.15, -0.1) is 0 Å². The fourth-order valence-electron chi connectivity index (χ4n) is 2.75.